The summed E-state index contributed by atoms with van der Waals surface area (Å²) in [5.41, 5.74) is 0. The van der Waals surface area contributed by atoms with Gasteiger partial charge in [0, 0.05) is 7.05 Å². The third kappa shape index (κ3) is 4.19. The standard InChI is InChI=1S/C8H17N3O2/c1-8-7-13-6-5-12-4-3-9-10-11(8)2/h8H,3-7H2,1-2H3/b10-9-. The van der Waals surface area contributed by atoms with Gasteiger partial charge >= 0.3 is 0 Å². The van der Waals surface area contributed by atoms with E-state index in [1.807, 2.05) is 12.1 Å². The summed E-state index contributed by atoms with van der Waals surface area (Å²) >= 11 is 0. The topological polar surface area (TPSA) is 46.4 Å². The second-order valence-corrected chi connectivity index (χ2v) is 3.06. The first-order chi connectivity index (χ1) is 6.30. The molecular formula is C8H17N3O2. The van der Waals surface area contributed by atoms with E-state index in [1.54, 1.807) is 0 Å². The van der Waals surface area contributed by atoms with Gasteiger partial charge in [0.15, 0.2) is 0 Å². The quantitative estimate of drug-likeness (QED) is 0.561. The molecular weight excluding hydrogens is 170 g/mol. The minimum atomic E-state index is 0.266. The predicted molar refractivity (Wildman–Crippen MR) is 48.6 cm³/mol. The molecule has 1 rings (SSSR count). The van der Waals surface area contributed by atoms with Crippen molar-refractivity contribution in [1.82, 2.24) is 5.01 Å². The second kappa shape index (κ2) is 5.88. The minimum absolute atomic E-state index is 0.266. The van der Waals surface area contributed by atoms with Crippen molar-refractivity contribution in [1.29, 1.82) is 0 Å². The fourth-order valence-electron chi connectivity index (χ4n) is 0.920. The van der Waals surface area contributed by atoms with Gasteiger partial charge in [0.25, 0.3) is 0 Å². The molecule has 13 heavy (non-hydrogen) atoms. The highest BCUT2D eigenvalue weighted by Gasteiger charge is 2.07. The Morgan fingerprint density at radius 1 is 1.23 bits per heavy atom. The highest BCUT2D eigenvalue weighted by Crippen LogP contribution is 1.98. The Hall–Kier alpha value is -0.680. The summed E-state index contributed by atoms with van der Waals surface area (Å²) in [5.74, 6) is 0. The third-order valence-electron chi connectivity index (χ3n) is 1.91. The van der Waals surface area contributed by atoms with Gasteiger partial charge in [-0.3, -0.25) is 5.01 Å². The van der Waals surface area contributed by atoms with Gasteiger partial charge in [0.05, 0.1) is 39.0 Å². The lowest BCUT2D eigenvalue weighted by Crippen LogP contribution is -2.28. The molecule has 76 valence electrons. The molecule has 0 aromatic heterocycles. The molecule has 1 heterocycles. The van der Waals surface area contributed by atoms with Gasteiger partial charge in [-0.15, -0.1) is 0 Å². The number of nitrogens with zero attached hydrogens (tertiary/aromatic N) is 3. The van der Waals surface area contributed by atoms with Crippen LogP contribution in [0.1, 0.15) is 6.92 Å². The molecule has 0 N–H and O–H groups in total. The number of likely N-dealkylation sites (N-methyl/N-ethyl adjacent to an activating group) is 1. The smallest absolute Gasteiger partial charge is 0.0854 e. The van der Waals surface area contributed by atoms with Gasteiger partial charge in [0.2, 0.25) is 0 Å². The van der Waals surface area contributed by atoms with E-state index in [9.17, 15) is 0 Å². The first-order valence-electron chi connectivity index (χ1n) is 4.56. The molecule has 1 atom stereocenters. The van der Waals surface area contributed by atoms with Crippen LogP contribution in [0.3, 0.4) is 0 Å². The van der Waals surface area contributed by atoms with E-state index < -0.39 is 0 Å². The molecule has 1 aliphatic rings. The summed E-state index contributed by atoms with van der Waals surface area (Å²) in [7, 11) is 1.90. The van der Waals surface area contributed by atoms with Crippen molar-refractivity contribution < 1.29 is 9.47 Å². The van der Waals surface area contributed by atoms with Crippen molar-refractivity contribution in [3.63, 3.8) is 0 Å². The molecule has 0 fully saturated rings. The Morgan fingerprint density at radius 3 is 2.85 bits per heavy atom. The molecule has 0 saturated heterocycles. The van der Waals surface area contributed by atoms with E-state index in [0.717, 1.165) is 0 Å². The number of ether oxygens (including phenoxy) is 2. The van der Waals surface area contributed by atoms with Crippen LogP contribution in [0.4, 0.5) is 0 Å². The van der Waals surface area contributed by atoms with Crippen molar-refractivity contribution in [2.24, 2.45) is 10.3 Å². The van der Waals surface area contributed by atoms with Crippen LogP contribution >= 0.6 is 0 Å². The summed E-state index contributed by atoms with van der Waals surface area (Å²) in [6, 6.07) is 0.266. The Balaban J connectivity index is 2.37. The maximum absolute atomic E-state index is 5.38. The van der Waals surface area contributed by atoms with E-state index >= 15 is 0 Å². The molecule has 1 unspecified atom stereocenters. The fraction of sp³-hybridized carbons (Fsp3) is 1.00. The minimum Gasteiger partial charge on any atom is -0.377 e. The molecule has 1 aliphatic heterocycles. The SMILES string of the molecule is CC1COCCOCC/N=N\N1C. The summed E-state index contributed by atoms with van der Waals surface area (Å²) in [5, 5.41) is 9.79. The van der Waals surface area contributed by atoms with Crippen LogP contribution in [0.25, 0.3) is 0 Å². The highest BCUT2D eigenvalue weighted by molar-refractivity contribution is 4.57. The molecule has 0 amide bonds. The molecule has 0 spiro atoms. The first kappa shape index (κ1) is 10.4. The summed E-state index contributed by atoms with van der Waals surface area (Å²) in [6.07, 6.45) is 0. The van der Waals surface area contributed by atoms with Gasteiger partial charge in [-0.2, -0.15) is 5.11 Å². The van der Waals surface area contributed by atoms with Crippen molar-refractivity contribution in [3.05, 3.63) is 0 Å². The molecule has 0 aromatic rings. The largest absolute Gasteiger partial charge is 0.377 e. The van der Waals surface area contributed by atoms with Gasteiger partial charge < -0.3 is 9.47 Å². The van der Waals surface area contributed by atoms with Gasteiger partial charge in [-0.05, 0) is 6.92 Å². The Morgan fingerprint density at radius 2 is 2.00 bits per heavy atom. The third-order valence-corrected chi connectivity index (χ3v) is 1.91. The normalized spacial score (nSPS) is 29.4. The van der Waals surface area contributed by atoms with E-state index in [4.69, 9.17) is 9.47 Å². The zero-order valence-corrected chi connectivity index (χ0v) is 8.27. The molecule has 0 radical (unpaired) electrons. The monoisotopic (exact) mass is 187 g/mol. The summed E-state index contributed by atoms with van der Waals surface area (Å²) in [4.78, 5) is 0. The first-order valence-corrected chi connectivity index (χ1v) is 4.56. The lowest BCUT2D eigenvalue weighted by Gasteiger charge is -2.19. The predicted octanol–water partition coefficient (Wildman–Crippen LogP) is 0.721. The zero-order valence-electron chi connectivity index (χ0n) is 8.27. The van der Waals surface area contributed by atoms with Crippen LogP contribution in [-0.2, 0) is 9.47 Å². The van der Waals surface area contributed by atoms with Crippen LogP contribution in [0, 0.1) is 0 Å². The number of rotatable bonds is 0. The van der Waals surface area contributed by atoms with E-state index in [1.165, 1.54) is 0 Å². The van der Waals surface area contributed by atoms with Gasteiger partial charge in [-0.1, -0.05) is 5.22 Å². The van der Waals surface area contributed by atoms with Crippen LogP contribution in [-0.4, -0.2) is 51.1 Å². The molecule has 0 bridgehead atoms. The summed E-state index contributed by atoms with van der Waals surface area (Å²) in [6.45, 7) is 5.26. The number of hydrogen-bond acceptors (Lipinski definition) is 5. The molecule has 0 aliphatic carbocycles. The van der Waals surface area contributed by atoms with Crippen LogP contribution < -0.4 is 0 Å². The molecule has 5 heteroatoms. The van der Waals surface area contributed by atoms with Crippen molar-refractivity contribution >= 4 is 0 Å². The lowest BCUT2D eigenvalue weighted by molar-refractivity contribution is 0.0321. The highest BCUT2D eigenvalue weighted by atomic mass is 16.5. The van der Waals surface area contributed by atoms with Crippen LogP contribution in [0.15, 0.2) is 10.3 Å². The Labute approximate surface area is 78.7 Å². The van der Waals surface area contributed by atoms with Crippen LogP contribution in [0.5, 0.6) is 0 Å². The lowest BCUT2D eigenvalue weighted by atomic mass is 10.4. The van der Waals surface area contributed by atoms with E-state index in [-0.39, 0.29) is 6.04 Å². The van der Waals surface area contributed by atoms with Gasteiger partial charge in [-0.25, -0.2) is 0 Å². The maximum Gasteiger partial charge on any atom is 0.0854 e. The second-order valence-electron chi connectivity index (χ2n) is 3.06. The summed E-state index contributed by atoms with van der Waals surface area (Å²) < 4.78 is 10.6. The van der Waals surface area contributed by atoms with Gasteiger partial charge in [0.1, 0.15) is 0 Å². The molecule has 5 nitrogen and oxygen atoms in total. The Bertz CT molecular complexity index is 163. The zero-order chi connectivity index (χ0) is 9.52. The molecule has 0 aromatic carbocycles. The van der Waals surface area contributed by atoms with Crippen molar-refractivity contribution in [3.8, 4) is 0 Å². The van der Waals surface area contributed by atoms with Crippen molar-refractivity contribution in [2.75, 3.05) is 40.0 Å². The van der Waals surface area contributed by atoms with E-state index in [0.29, 0.717) is 33.0 Å². The number of hydrogen-bond donors (Lipinski definition) is 0. The average Bonchev–Trinajstić information content (AvgIpc) is 2.16. The maximum atomic E-state index is 5.38. The fourth-order valence-corrected chi connectivity index (χ4v) is 0.920. The Kier molecular flexibility index (Phi) is 4.70. The average molecular weight is 187 g/mol. The van der Waals surface area contributed by atoms with Crippen molar-refractivity contribution in [2.45, 2.75) is 13.0 Å². The van der Waals surface area contributed by atoms with Crippen LogP contribution in [0.2, 0.25) is 0 Å². The molecule has 0 saturated carbocycles. The van der Waals surface area contributed by atoms with E-state index in [2.05, 4.69) is 17.3 Å².